The van der Waals surface area contributed by atoms with Crippen molar-refractivity contribution in [3.63, 3.8) is 0 Å². The molecule has 0 heterocycles. The van der Waals surface area contributed by atoms with Crippen LogP contribution >= 0.6 is 0 Å². The molecule has 2 aromatic rings. The monoisotopic (exact) mass is 255 g/mol. The lowest BCUT2D eigenvalue weighted by molar-refractivity contribution is -0.111. The van der Waals surface area contributed by atoms with Crippen LogP contribution < -0.4 is 5.32 Å². The van der Waals surface area contributed by atoms with Crippen molar-refractivity contribution in [3.8, 4) is 0 Å². The van der Waals surface area contributed by atoms with E-state index >= 15 is 0 Å². The van der Waals surface area contributed by atoms with E-state index in [0.717, 1.165) is 11.3 Å². The van der Waals surface area contributed by atoms with Gasteiger partial charge in [0.1, 0.15) is 5.82 Å². The van der Waals surface area contributed by atoms with Gasteiger partial charge >= 0.3 is 0 Å². The largest absolute Gasteiger partial charge is 0.323 e. The number of carbonyl (C=O) groups excluding carboxylic acids is 1. The molecule has 0 saturated carbocycles. The summed E-state index contributed by atoms with van der Waals surface area (Å²) in [5.74, 6) is -0.561. The zero-order chi connectivity index (χ0) is 13.7. The summed E-state index contributed by atoms with van der Waals surface area (Å²) < 4.78 is 12.9. The van der Waals surface area contributed by atoms with Crippen LogP contribution in [-0.2, 0) is 4.79 Å². The first-order valence-corrected chi connectivity index (χ1v) is 5.95. The van der Waals surface area contributed by atoms with Crippen LogP contribution in [0.5, 0.6) is 0 Å². The molecule has 0 bridgehead atoms. The van der Waals surface area contributed by atoms with Gasteiger partial charge in [-0.25, -0.2) is 4.39 Å². The standard InChI is InChI=1S/C16H14FNO/c1-12-5-8-15(9-6-12)18-16(19)10-7-13-3-2-4-14(17)11-13/h2-11H,1H3,(H,18,19)/b10-7+. The minimum Gasteiger partial charge on any atom is -0.323 e. The van der Waals surface area contributed by atoms with Crippen molar-refractivity contribution < 1.29 is 9.18 Å². The van der Waals surface area contributed by atoms with Crippen molar-refractivity contribution in [1.29, 1.82) is 0 Å². The fraction of sp³-hybridized carbons (Fsp3) is 0.0625. The molecule has 0 unspecified atom stereocenters. The van der Waals surface area contributed by atoms with Crippen LogP contribution in [0.25, 0.3) is 6.08 Å². The molecule has 96 valence electrons. The number of nitrogens with one attached hydrogen (secondary N) is 1. The molecule has 1 N–H and O–H groups in total. The van der Waals surface area contributed by atoms with Crippen LogP contribution in [-0.4, -0.2) is 5.91 Å². The molecule has 3 heteroatoms. The average molecular weight is 255 g/mol. The van der Waals surface area contributed by atoms with Crippen LogP contribution in [0.3, 0.4) is 0 Å². The molecule has 19 heavy (non-hydrogen) atoms. The van der Waals surface area contributed by atoms with E-state index in [1.54, 1.807) is 18.2 Å². The molecule has 0 aliphatic heterocycles. The van der Waals surface area contributed by atoms with Gasteiger partial charge in [-0.3, -0.25) is 4.79 Å². The topological polar surface area (TPSA) is 29.1 Å². The Morgan fingerprint density at radius 2 is 1.89 bits per heavy atom. The molecule has 0 atom stereocenters. The predicted octanol–water partition coefficient (Wildman–Crippen LogP) is 3.79. The predicted molar refractivity (Wildman–Crippen MR) is 75.2 cm³/mol. The van der Waals surface area contributed by atoms with Crippen LogP contribution in [0.2, 0.25) is 0 Å². The quantitative estimate of drug-likeness (QED) is 0.831. The van der Waals surface area contributed by atoms with Gasteiger partial charge < -0.3 is 5.32 Å². The second kappa shape index (κ2) is 5.96. The van der Waals surface area contributed by atoms with Crippen molar-refractivity contribution in [3.05, 3.63) is 71.6 Å². The Labute approximate surface area is 111 Å². The Morgan fingerprint density at radius 1 is 1.16 bits per heavy atom. The third-order valence-electron chi connectivity index (χ3n) is 2.59. The molecule has 2 rings (SSSR count). The van der Waals surface area contributed by atoms with Gasteiger partial charge in [0.15, 0.2) is 0 Å². The molecule has 0 fully saturated rings. The number of hydrogen-bond acceptors (Lipinski definition) is 1. The molecular formula is C16H14FNO. The Balaban J connectivity index is 1.99. The normalized spacial score (nSPS) is 10.6. The Bertz CT molecular complexity index is 602. The van der Waals surface area contributed by atoms with Crippen LogP contribution in [0.1, 0.15) is 11.1 Å². The summed E-state index contributed by atoms with van der Waals surface area (Å²) >= 11 is 0. The number of hydrogen-bond donors (Lipinski definition) is 1. The lowest BCUT2D eigenvalue weighted by Gasteiger charge is -2.02. The highest BCUT2D eigenvalue weighted by Gasteiger charge is 1.97. The summed E-state index contributed by atoms with van der Waals surface area (Å²) in [6, 6.07) is 13.6. The van der Waals surface area contributed by atoms with E-state index in [0.29, 0.717) is 5.56 Å². The van der Waals surface area contributed by atoms with Gasteiger partial charge in [0.05, 0.1) is 0 Å². The second-order valence-corrected chi connectivity index (χ2v) is 4.24. The number of amides is 1. The number of anilines is 1. The zero-order valence-electron chi connectivity index (χ0n) is 10.6. The van der Waals surface area contributed by atoms with Gasteiger partial charge in [0.25, 0.3) is 0 Å². The molecule has 0 aromatic heterocycles. The first-order valence-electron chi connectivity index (χ1n) is 5.95. The van der Waals surface area contributed by atoms with Crippen molar-refractivity contribution in [1.82, 2.24) is 0 Å². The number of benzene rings is 2. The maximum Gasteiger partial charge on any atom is 0.248 e. The summed E-state index contributed by atoms with van der Waals surface area (Å²) in [5.41, 5.74) is 2.52. The maximum absolute atomic E-state index is 12.9. The first-order chi connectivity index (χ1) is 9.13. The molecule has 0 saturated heterocycles. The Morgan fingerprint density at radius 3 is 2.58 bits per heavy atom. The summed E-state index contributed by atoms with van der Waals surface area (Å²) in [6.07, 6.45) is 2.96. The van der Waals surface area contributed by atoms with Crippen LogP contribution in [0, 0.1) is 12.7 Å². The summed E-state index contributed by atoms with van der Waals surface area (Å²) in [6.45, 7) is 1.98. The number of carbonyl (C=O) groups is 1. The van der Waals surface area contributed by atoms with Crippen molar-refractivity contribution >= 4 is 17.7 Å². The van der Waals surface area contributed by atoms with Crippen LogP contribution in [0.15, 0.2) is 54.6 Å². The van der Waals surface area contributed by atoms with Gasteiger partial charge in [-0.2, -0.15) is 0 Å². The molecule has 1 amide bonds. The van der Waals surface area contributed by atoms with Crippen molar-refractivity contribution in [2.75, 3.05) is 5.32 Å². The third-order valence-corrected chi connectivity index (χ3v) is 2.59. The summed E-state index contributed by atoms with van der Waals surface area (Å²) in [5, 5.41) is 2.73. The van der Waals surface area contributed by atoms with Crippen LogP contribution in [0.4, 0.5) is 10.1 Å². The number of halogens is 1. The van der Waals surface area contributed by atoms with E-state index in [4.69, 9.17) is 0 Å². The summed E-state index contributed by atoms with van der Waals surface area (Å²) in [7, 11) is 0. The van der Waals surface area contributed by atoms with Gasteiger partial charge in [-0.15, -0.1) is 0 Å². The number of rotatable bonds is 3. The molecule has 0 aliphatic carbocycles. The van der Waals surface area contributed by atoms with Gasteiger partial charge in [-0.05, 0) is 42.8 Å². The van der Waals surface area contributed by atoms with Crippen molar-refractivity contribution in [2.45, 2.75) is 6.92 Å². The first kappa shape index (κ1) is 13.0. The molecule has 0 aliphatic rings. The lowest BCUT2D eigenvalue weighted by Crippen LogP contribution is -2.07. The molecule has 0 radical (unpaired) electrons. The van der Waals surface area contributed by atoms with E-state index in [9.17, 15) is 9.18 Å². The molecule has 0 spiro atoms. The highest BCUT2D eigenvalue weighted by Crippen LogP contribution is 2.09. The fourth-order valence-corrected chi connectivity index (χ4v) is 1.60. The number of aryl methyl sites for hydroxylation is 1. The van der Waals surface area contributed by atoms with E-state index in [-0.39, 0.29) is 11.7 Å². The van der Waals surface area contributed by atoms with Gasteiger partial charge in [0.2, 0.25) is 5.91 Å². The highest BCUT2D eigenvalue weighted by atomic mass is 19.1. The fourth-order valence-electron chi connectivity index (χ4n) is 1.60. The second-order valence-electron chi connectivity index (χ2n) is 4.24. The lowest BCUT2D eigenvalue weighted by atomic mass is 10.2. The van der Waals surface area contributed by atoms with Crippen molar-refractivity contribution in [2.24, 2.45) is 0 Å². The minimum atomic E-state index is -0.318. The highest BCUT2D eigenvalue weighted by molar-refractivity contribution is 6.01. The third kappa shape index (κ3) is 4.07. The van der Waals surface area contributed by atoms with E-state index in [1.807, 2.05) is 31.2 Å². The summed E-state index contributed by atoms with van der Waals surface area (Å²) in [4.78, 5) is 11.7. The molecule has 2 aromatic carbocycles. The molecular weight excluding hydrogens is 241 g/mol. The Hall–Kier alpha value is -2.42. The van der Waals surface area contributed by atoms with Gasteiger partial charge in [-0.1, -0.05) is 29.8 Å². The SMILES string of the molecule is Cc1ccc(NC(=O)/C=C/c2cccc(F)c2)cc1. The molecule has 2 nitrogen and oxygen atoms in total. The average Bonchev–Trinajstić information content (AvgIpc) is 2.39. The van der Waals surface area contributed by atoms with E-state index in [1.165, 1.54) is 18.2 Å². The zero-order valence-corrected chi connectivity index (χ0v) is 10.6. The Kier molecular flexibility index (Phi) is 4.08. The van der Waals surface area contributed by atoms with Gasteiger partial charge in [0, 0.05) is 11.8 Å². The van der Waals surface area contributed by atoms with E-state index < -0.39 is 0 Å². The maximum atomic E-state index is 12.9. The smallest absolute Gasteiger partial charge is 0.248 e. The van der Waals surface area contributed by atoms with E-state index in [2.05, 4.69) is 5.32 Å². The minimum absolute atomic E-state index is 0.242.